The maximum absolute atomic E-state index is 12.2. The standard InChI is InChI=1S/C16H19NO3/c1-12-2-3-15-13(10-12)11-16(20-15)14(18)4-5-17-6-8-19-9-7-17/h2-3,10-11H,4-9H2,1H3. The van der Waals surface area contributed by atoms with Gasteiger partial charge >= 0.3 is 0 Å². The van der Waals surface area contributed by atoms with E-state index in [1.807, 2.05) is 31.2 Å². The Morgan fingerprint density at radius 3 is 2.85 bits per heavy atom. The van der Waals surface area contributed by atoms with Gasteiger partial charge < -0.3 is 9.15 Å². The van der Waals surface area contributed by atoms with Crippen LogP contribution in [0.3, 0.4) is 0 Å². The third-order valence-corrected chi connectivity index (χ3v) is 3.71. The van der Waals surface area contributed by atoms with Crippen molar-refractivity contribution >= 4 is 16.8 Å². The molecule has 0 atom stereocenters. The molecule has 3 rings (SSSR count). The Bertz CT molecular complexity index is 611. The zero-order valence-corrected chi connectivity index (χ0v) is 11.7. The lowest BCUT2D eigenvalue weighted by molar-refractivity contribution is 0.0368. The number of fused-ring (bicyclic) bond motifs is 1. The third kappa shape index (κ3) is 2.92. The fraction of sp³-hybridized carbons (Fsp3) is 0.438. The van der Waals surface area contributed by atoms with E-state index in [0.29, 0.717) is 12.2 Å². The maximum Gasteiger partial charge on any atom is 0.199 e. The summed E-state index contributed by atoms with van der Waals surface area (Å²) >= 11 is 0. The topological polar surface area (TPSA) is 42.7 Å². The van der Waals surface area contributed by atoms with E-state index in [2.05, 4.69) is 4.90 Å². The van der Waals surface area contributed by atoms with Crippen LogP contribution >= 0.6 is 0 Å². The molecule has 0 spiro atoms. The van der Waals surface area contributed by atoms with Gasteiger partial charge in [0.2, 0.25) is 0 Å². The second-order valence-electron chi connectivity index (χ2n) is 5.28. The van der Waals surface area contributed by atoms with Crippen LogP contribution in [0.4, 0.5) is 0 Å². The Hall–Kier alpha value is -1.65. The van der Waals surface area contributed by atoms with Gasteiger partial charge in [0.25, 0.3) is 0 Å². The number of carbonyl (C=O) groups is 1. The van der Waals surface area contributed by atoms with Crippen LogP contribution in [0.1, 0.15) is 22.5 Å². The van der Waals surface area contributed by atoms with Crippen molar-refractivity contribution in [2.24, 2.45) is 0 Å². The van der Waals surface area contributed by atoms with E-state index in [-0.39, 0.29) is 5.78 Å². The first kappa shape index (κ1) is 13.3. The fourth-order valence-electron chi connectivity index (χ4n) is 2.51. The fourth-order valence-corrected chi connectivity index (χ4v) is 2.51. The number of morpholine rings is 1. The number of aryl methyl sites for hydroxylation is 1. The molecule has 1 fully saturated rings. The molecule has 1 aromatic carbocycles. The van der Waals surface area contributed by atoms with E-state index in [0.717, 1.165) is 43.8 Å². The number of rotatable bonds is 4. The first-order valence-corrected chi connectivity index (χ1v) is 7.06. The van der Waals surface area contributed by atoms with Gasteiger partial charge in [-0.05, 0) is 25.1 Å². The van der Waals surface area contributed by atoms with E-state index in [1.165, 1.54) is 5.56 Å². The monoisotopic (exact) mass is 273 g/mol. The highest BCUT2D eigenvalue weighted by molar-refractivity contribution is 5.97. The van der Waals surface area contributed by atoms with E-state index >= 15 is 0 Å². The van der Waals surface area contributed by atoms with Gasteiger partial charge in [-0.1, -0.05) is 11.6 Å². The number of hydrogen-bond acceptors (Lipinski definition) is 4. The maximum atomic E-state index is 12.2. The number of Topliss-reactive ketones (excluding diaryl/α,β-unsaturated/α-hetero) is 1. The summed E-state index contributed by atoms with van der Waals surface area (Å²) in [5.41, 5.74) is 1.95. The number of ketones is 1. The molecular formula is C16H19NO3. The lowest BCUT2D eigenvalue weighted by atomic mass is 10.1. The van der Waals surface area contributed by atoms with Gasteiger partial charge in [-0.3, -0.25) is 9.69 Å². The molecule has 1 saturated heterocycles. The summed E-state index contributed by atoms with van der Waals surface area (Å²) in [4.78, 5) is 14.4. The van der Waals surface area contributed by atoms with Crippen LogP contribution < -0.4 is 0 Å². The summed E-state index contributed by atoms with van der Waals surface area (Å²) in [6.07, 6.45) is 0.499. The Morgan fingerprint density at radius 1 is 1.25 bits per heavy atom. The van der Waals surface area contributed by atoms with Crippen molar-refractivity contribution in [3.8, 4) is 0 Å². The molecule has 0 radical (unpaired) electrons. The molecule has 0 saturated carbocycles. The largest absolute Gasteiger partial charge is 0.453 e. The number of carbonyl (C=O) groups excluding carboxylic acids is 1. The molecule has 1 aliphatic rings. The highest BCUT2D eigenvalue weighted by Crippen LogP contribution is 2.21. The predicted molar refractivity (Wildman–Crippen MR) is 77.2 cm³/mol. The van der Waals surface area contributed by atoms with Crippen molar-refractivity contribution < 1.29 is 13.9 Å². The van der Waals surface area contributed by atoms with Crippen molar-refractivity contribution in [1.29, 1.82) is 0 Å². The zero-order valence-electron chi connectivity index (χ0n) is 11.7. The first-order valence-electron chi connectivity index (χ1n) is 7.06. The van der Waals surface area contributed by atoms with Gasteiger partial charge in [0, 0.05) is 31.4 Å². The summed E-state index contributed by atoms with van der Waals surface area (Å²) in [7, 11) is 0. The minimum atomic E-state index is 0.0744. The minimum Gasteiger partial charge on any atom is -0.453 e. The lowest BCUT2D eigenvalue weighted by Crippen LogP contribution is -2.37. The molecule has 2 aromatic rings. The van der Waals surface area contributed by atoms with Crippen LogP contribution in [0.15, 0.2) is 28.7 Å². The SMILES string of the molecule is Cc1ccc2oc(C(=O)CCN3CCOCC3)cc2c1. The number of ether oxygens (including phenoxy) is 1. The van der Waals surface area contributed by atoms with E-state index in [9.17, 15) is 4.79 Å². The van der Waals surface area contributed by atoms with E-state index in [4.69, 9.17) is 9.15 Å². The molecule has 2 heterocycles. The van der Waals surface area contributed by atoms with Crippen molar-refractivity contribution in [3.05, 3.63) is 35.6 Å². The second-order valence-corrected chi connectivity index (χ2v) is 5.28. The normalized spacial score (nSPS) is 16.6. The van der Waals surface area contributed by atoms with Crippen LogP contribution in [0, 0.1) is 6.92 Å². The molecule has 0 aliphatic carbocycles. The molecule has 1 aliphatic heterocycles. The number of furan rings is 1. The smallest absolute Gasteiger partial charge is 0.199 e. The van der Waals surface area contributed by atoms with Gasteiger partial charge in [0.15, 0.2) is 11.5 Å². The van der Waals surface area contributed by atoms with Crippen LogP contribution in [0.5, 0.6) is 0 Å². The highest BCUT2D eigenvalue weighted by Gasteiger charge is 2.16. The summed E-state index contributed by atoms with van der Waals surface area (Å²) in [5.74, 6) is 0.546. The molecule has 20 heavy (non-hydrogen) atoms. The van der Waals surface area contributed by atoms with Gasteiger partial charge in [0.1, 0.15) is 5.58 Å². The molecule has 0 unspecified atom stereocenters. The average Bonchev–Trinajstić information content (AvgIpc) is 2.89. The Kier molecular flexibility index (Phi) is 3.85. The van der Waals surface area contributed by atoms with Crippen LogP contribution in [0.25, 0.3) is 11.0 Å². The van der Waals surface area contributed by atoms with Crippen molar-refractivity contribution in [2.75, 3.05) is 32.8 Å². The van der Waals surface area contributed by atoms with Crippen LogP contribution in [-0.4, -0.2) is 43.5 Å². The van der Waals surface area contributed by atoms with Gasteiger partial charge in [-0.15, -0.1) is 0 Å². The number of benzene rings is 1. The Balaban J connectivity index is 1.65. The van der Waals surface area contributed by atoms with Gasteiger partial charge in [-0.2, -0.15) is 0 Å². The molecule has 106 valence electrons. The quantitative estimate of drug-likeness (QED) is 0.803. The molecule has 0 N–H and O–H groups in total. The molecule has 4 nitrogen and oxygen atoms in total. The van der Waals surface area contributed by atoms with Crippen LogP contribution in [0.2, 0.25) is 0 Å². The van der Waals surface area contributed by atoms with Crippen molar-refractivity contribution in [1.82, 2.24) is 4.90 Å². The minimum absolute atomic E-state index is 0.0744. The molecule has 0 amide bonds. The summed E-state index contributed by atoms with van der Waals surface area (Å²) in [6.45, 7) is 6.15. The van der Waals surface area contributed by atoms with Gasteiger partial charge in [0.05, 0.1) is 13.2 Å². The Labute approximate surface area is 118 Å². The highest BCUT2D eigenvalue weighted by atomic mass is 16.5. The van der Waals surface area contributed by atoms with Crippen molar-refractivity contribution in [2.45, 2.75) is 13.3 Å². The van der Waals surface area contributed by atoms with E-state index < -0.39 is 0 Å². The van der Waals surface area contributed by atoms with Gasteiger partial charge in [-0.25, -0.2) is 0 Å². The molecule has 0 bridgehead atoms. The molecule has 1 aromatic heterocycles. The van der Waals surface area contributed by atoms with E-state index in [1.54, 1.807) is 0 Å². The summed E-state index contributed by atoms with van der Waals surface area (Å²) < 4.78 is 10.9. The molecular weight excluding hydrogens is 254 g/mol. The zero-order chi connectivity index (χ0) is 13.9. The first-order chi connectivity index (χ1) is 9.72. The summed E-state index contributed by atoms with van der Waals surface area (Å²) in [5, 5.41) is 1.000. The third-order valence-electron chi connectivity index (χ3n) is 3.71. The second kappa shape index (κ2) is 5.77. The van der Waals surface area contributed by atoms with Crippen LogP contribution in [-0.2, 0) is 4.74 Å². The predicted octanol–water partition coefficient (Wildman–Crippen LogP) is 2.65. The Morgan fingerprint density at radius 2 is 2.05 bits per heavy atom. The average molecular weight is 273 g/mol. The number of nitrogens with zero attached hydrogens (tertiary/aromatic N) is 1. The van der Waals surface area contributed by atoms with Crippen molar-refractivity contribution in [3.63, 3.8) is 0 Å². The number of hydrogen-bond donors (Lipinski definition) is 0. The lowest BCUT2D eigenvalue weighted by Gasteiger charge is -2.25. The summed E-state index contributed by atoms with van der Waals surface area (Å²) in [6, 6.07) is 7.80. The molecule has 4 heteroatoms.